The van der Waals surface area contributed by atoms with Gasteiger partial charge in [0.25, 0.3) is 0 Å². The van der Waals surface area contributed by atoms with Crippen LogP contribution in [-0.4, -0.2) is 35.0 Å². The minimum Gasteiger partial charge on any atom is -0.347 e. The van der Waals surface area contributed by atoms with Crippen LogP contribution in [-0.2, 0) is 11.2 Å². The van der Waals surface area contributed by atoms with Crippen LogP contribution in [0.3, 0.4) is 0 Å². The summed E-state index contributed by atoms with van der Waals surface area (Å²) in [4.78, 5) is 17.6. The summed E-state index contributed by atoms with van der Waals surface area (Å²) in [5, 5.41) is 7.42. The number of rotatable bonds is 5. The first-order valence-corrected chi connectivity index (χ1v) is 8.71. The normalized spacial score (nSPS) is 21.1. The maximum Gasteiger partial charge on any atom is 0.222 e. The molecule has 0 aliphatic carbocycles. The number of thioether (sulfide) groups is 1. The Balaban J connectivity index is 1.80. The molecule has 2 N–H and O–H groups in total. The fraction of sp³-hybridized carbons (Fsp3) is 0.692. The van der Waals surface area contributed by atoms with Gasteiger partial charge in [0.15, 0.2) is 0 Å². The first kappa shape index (κ1) is 14.8. The van der Waals surface area contributed by atoms with Crippen molar-refractivity contribution in [3.63, 3.8) is 0 Å². The van der Waals surface area contributed by atoms with Gasteiger partial charge in [-0.3, -0.25) is 4.79 Å². The fourth-order valence-electron chi connectivity index (χ4n) is 2.02. The quantitative estimate of drug-likeness (QED) is 0.873. The molecule has 2 rings (SSSR count). The Morgan fingerprint density at radius 1 is 1.68 bits per heavy atom. The molecule has 0 radical (unpaired) electrons. The van der Waals surface area contributed by atoms with E-state index in [-0.39, 0.29) is 11.9 Å². The third-order valence-corrected chi connectivity index (χ3v) is 5.55. The van der Waals surface area contributed by atoms with Crippen LogP contribution in [0.1, 0.15) is 36.2 Å². The molecule has 1 saturated heterocycles. The zero-order chi connectivity index (χ0) is 13.7. The zero-order valence-electron chi connectivity index (χ0n) is 11.4. The average Bonchev–Trinajstić information content (AvgIpc) is 2.88. The molecule has 106 valence electrons. The van der Waals surface area contributed by atoms with Crippen molar-refractivity contribution in [1.29, 1.82) is 0 Å². The second kappa shape index (κ2) is 7.26. The van der Waals surface area contributed by atoms with Gasteiger partial charge in [0.1, 0.15) is 5.01 Å². The summed E-state index contributed by atoms with van der Waals surface area (Å²) < 4.78 is 0. The van der Waals surface area contributed by atoms with Crippen LogP contribution in [0.25, 0.3) is 0 Å². The molecule has 0 saturated carbocycles. The van der Waals surface area contributed by atoms with E-state index < -0.39 is 0 Å². The fourth-order valence-corrected chi connectivity index (χ4v) is 3.83. The van der Waals surface area contributed by atoms with Crippen molar-refractivity contribution < 1.29 is 4.79 Å². The molecule has 4 nitrogen and oxygen atoms in total. The maximum absolute atomic E-state index is 12.0. The number of hydrogen-bond acceptors (Lipinski definition) is 5. The molecule has 2 unspecified atom stereocenters. The Kier molecular flexibility index (Phi) is 5.66. The molecule has 2 heterocycles. The number of amides is 1. The molecule has 0 spiro atoms. The molecular weight excluding hydrogens is 278 g/mol. The molecule has 1 aromatic heterocycles. The van der Waals surface area contributed by atoms with E-state index in [0.29, 0.717) is 12.5 Å². The van der Waals surface area contributed by atoms with E-state index in [4.69, 9.17) is 0 Å². The topological polar surface area (TPSA) is 54.0 Å². The molecule has 19 heavy (non-hydrogen) atoms. The van der Waals surface area contributed by atoms with Crippen LogP contribution in [0, 0.1) is 0 Å². The van der Waals surface area contributed by atoms with Crippen molar-refractivity contribution in [1.82, 2.24) is 15.6 Å². The smallest absolute Gasteiger partial charge is 0.222 e. The summed E-state index contributed by atoms with van der Waals surface area (Å²) in [6, 6.07) is 0.322. The van der Waals surface area contributed by atoms with Crippen LogP contribution in [0.4, 0.5) is 0 Å². The van der Waals surface area contributed by atoms with Crippen molar-refractivity contribution in [3.05, 3.63) is 16.1 Å². The molecule has 1 amide bonds. The highest BCUT2D eigenvalue weighted by Crippen LogP contribution is 2.20. The van der Waals surface area contributed by atoms with E-state index in [0.717, 1.165) is 29.5 Å². The summed E-state index contributed by atoms with van der Waals surface area (Å²) in [6.07, 6.45) is 3.47. The van der Waals surface area contributed by atoms with Crippen LogP contribution in [0.15, 0.2) is 6.20 Å². The molecule has 1 aromatic rings. The highest BCUT2D eigenvalue weighted by Gasteiger charge is 2.19. The molecule has 1 aliphatic heterocycles. The Morgan fingerprint density at radius 3 is 3.16 bits per heavy atom. The largest absolute Gasteiger partial charge is 0.347 e. The van der Waals surface area contributed by atoms with Gasteiger partial charge in [-0.1, -0.05) is 6.92 Å². The number of hydrogen-bond donors (Lipinski definition) is 2. The molecule has 0 aromatic carbocycles. The minimum atomic E-state index is 0.00837. The third kappa shape index (κ3) is 4.47. The van der Waals surface area contributed by atoms with E-state index >= 15 is 0 Å². The number of aromatic nitrogens is 1. The first-order valence-electron chi connectivity index (χ1n) is 6.74. The number of carbonyl (C=O) groups is 1. The summed E-state index contributed by atoms with van der Waals surface area (Å²) in [6.45, 7) is 5.12. The van der Waals surface area contributed by atoms with Crippen LogP contribution in [0.5, 0.6) is 0 Å². The van der Waals surface area contributed by atoms with Crippen LogP contribution >= 0.6 is 23.1 Å². The Bertz CT molecular complexity index is 416. The van der Waals surface area contributed by atoms with Crippen LogP contribution in [0.2, 0.25) is 0 Å². The van der Waals surface area contributed by atoms with Gasteiger partial charge < -0.3 is 10.6 Å². The standard InChI is InChI=1S/C13H21N3OS2/c1-3-11-7-15-13(19-11)9(2)16-12(17)6-10-8-18-5-4-14-10/h7,9-10,14H,3-6,8H2,1-2H3,(H,16,17). The van der Waals surface area contributed by atoms with E-state index in [1.54, 1.807) is 11.3 Å². The lowest BCUT2D eigenvalue weighted by atomic mass is 10.2. The Morgan fingerprint density at radius 2 is 2.53 bits per heavy atom. The van der Waals surface area contributed by atoms with Crippen molar-refractivity contribution in [2.75, 3.05) is 18.1 Å². The SMILES string of the molecule is CCc1cnc(C(C)NC(=O)CC2CSCCN2)s1. The number of nitrogens with one attached hydrogen (secondary N) is 2. The van der Waals surface area contributed by atoms with Gasteiger partial charge in [0.05, 0.1) is 6.04 Å². The molecule has 6 heteroatoms. The van der Waals surface area contributed by atoms with Gasteiger partial charge in [0.2, 0.25) is 5.91 Å². The summed E-state index contributed by atoms with van der Waals surface area (Å²) >= 11 is 3.60. The van der Waals surface area contributed by atoms with E-state index in [9.17, 15) is 4.79 Å². The average molecular weight is 299 g/mol. The van der Waals surface area contributed by atoms with E-state index in [2.05, 4.69) is 22.5 Å². The van der Waals surface area contributed by atoms with Crippen molar-refractivity contribution in [2.45, 2.75) is 38.8 Å². The highest BCUT2D eigenvalue weighted by molar-refractivity contribution is 7.99. The lowest BCUT2D eigenvalue weighted by Gasteiger charge is -2.23. The van der Waals surface area contributed by atoms with E-state index in [1.165, 1.54) is 4.88 Å². The van der Waals surface area contributed by atoms with Gasteiger partial charge >= 0.3 is 0 Å². The number of thiazole rings is 1. The van der Waals surface area contributed by atoms with Crippen molar-refractivity contribution >= 4 is 29.0 Å². The third-order valence-electron chi connectivity index (χ3n) is 3.10. The highest BCUT2D eigenvalue weighted by atomic mass is 32.2. The van der Waals surface area contributed by atoms with Crippen molar-refractivity contribution in [3.8, 4) is 0 Å². The van der Waals surface area contributed by atoms with E-state index in [1.807, 2.05) is 24.9 Å². The number of nitrogens with zero attached hydrogens (tertiary/aromatic N) is 1. The predicted octanol–water partition coefficient (Wildman–Crippen LogP) is 1.98. The summed E-state index contributed by atoms with van der Waals surface area (Å²) in [5.41, 5.74) is 0. The molecular formula is C13H21N3OS2. The number of aryl methyl sites for hydroxylation is 1. The second-order valence-corrected chi connectivity index (χ2v) is 7.03. The molecule has 2 atom stereocenters. The number of carbonyl (C=O) groups excluding carboxylic acids is 1. The first-order chi connectivity index (χ1) is 9.19. The molecule has 1 aliphatic rings. The monoisotopic (exact) mass is 299 g/mol. The van der Waals surface area contributed by atoms with Gasteiger partial charge in [-0.2, -0.15) is 11.8 Å². The predicted molar refractivity (Wildman–Crippen MR) is 81.8 cm³/mol. The van der Waals surface area contributed by atoms with Gasteiger partial charge in [0, 0.05) is 41.6 Å². The summed E-state index contributed by atoms with van der Waals surface area (Å²) in [5.74, 6) is 2.28. The lowest BCUT2D eigenvalue weighted by molar-refractivity contribution is -0.122. The lowest BCUT2D eigenvalue weighted by Crippen LogP contribution is -2.41. The zero-order valence-corrected chi connectivity index (χ0v) is 13.1. The van der Waals surface area contributed by atoms with Gasteiger partial charge in [-0.15, -0.1) is 11.3 Å². The maximum atomic E-state index is 12.0. The molecule has 0 bridgehead atoms. The van der Waals surface area contributed by atoms with Crippen molar-refractivity contribution in [2.24, 2.45) is 0 Å². The van der Waals surface area contributed by atoms with Crippen LogP contribution < -0.4 is 10.6 Å². The summed E-state index contributed by atoms with van der Waals surface area (Å²) in [7, 11) is 0. The molecule has 1 fully saturated rings. The Labute approximate surface area is 122 Å². The van der Waals surface area contributed by atoms with Gasteiger partial charge in [-0.05, 0) is 13.3 Å². The minimum absolute atomic E-state index is 0.00837. The Hall–Kier alpha value is -0.590. The second-order valence-electron chi connectivity index (χ2n) is 4.74. The van der Waals surface area contributed by atoms with Gasteiger partial charge in [-0.25, -0.2) is 4.98 Å².